The van der Waals surface area contributed by atoms with Crippen molar-refractivity contribution in [3.05, 3.63) is 0 Å². The van der Waals surface area contributed by atoms with Crippen molar-refractivity contribution < 1.29 is 0 Å². The van der Waals surface area contributed by atoms with Gasteiger partial charge in [0.2, 0.25) is 0 Å². The molecule has 1 aliphatic carbocycles. The highest BCUT2D eigenvalue weighted by molar-refractivity contribution is 4.86. The standard InChI is InChI=1S/C12H25N/c1-5-10(2)9-13-11-6-7-12(3,4)8-11/h10-11,13H,5-9H2,1-4H3. The zero-order valence-corrected chi connectivity index (χ0v) is 9.69. The van der Waals surface area contributed by atoms with E-state index in [0.29, 0.717) is 5.41 Å². The van der Waals surface area contributed by atoms with Gasteiger partial charge in [0.15, 0.2) is 0 Å². The lowest BCUT2D eigenvalue weighted by molar-refractivity contribution is 0.357. The zero-order valence-electron chi connectivity index (χ0n) is 9.69. The summed E-state index contributed by atoms with van der Waals surface area (Å²) in [7, 11) is 0. The van der Waals surface area contributed by atoms with Crippen LogP contribution in [0.1, 0.15) is 53.4 Å². The lowest BCUT2D eigenvalue weighted by atomic mass is 9.92. The molecule has 0 aliphatic heterocycles. The van der Waals surface area contributed by atoms with Gasteiger partial charge < -0.3 is 5.32 Å². The predicted molar refractivity (Wildman–Crippen MR) is 58.9 cm³/mol. The van der Waals surface area contributed by atoms with E-state index in [1.807, 2.05) is 0 Å². The molecule has 0 spiro atoms. The van der Waals surface area contributed by atoms with Crippen LogP contribution in [0, 0.1) is 11.3 Å². The van der Waals surface area contributed by atoms with Gasteiger partial charge in [0.1, 0.15) is 0 Å². The number of nitrogens with one attached hydrogen (secondary N) is 1. The molecule has 0 heterocycles. The maximum Gasteiger partial charge on any atom is 0.00724 e. The van der Waals surface area contributed by atoms with Crippen LogP contribution in [0.25, 0.3) is 0 Å². The van der Waals surface area contributed by atoms with E-state index in [-0.39, 0.29) is 0 Å². The van der Waals surface area contributed by atoms with Gasteiger partial charge in [-0.25, -0.2) is 0 Å². The fourth-order valence-electron chi connectivity index (χ4n) is 2.12. The van der Waals surface area contributed by atoms with E-state index in [2.05, 4.69) is 33.0 Å². The summed E-state index contributed by atoms with van der Waals surface area (Å²) in [5, 5.41) is 3.69. The van der Waals surface area contributed by atoms with Crippen molar-refractivity contribution in [2.75, 3.05) is 6.54 Å². The Morgan fingerprint density at radius 3 is 2.62 bits per heavy atom. The third-order valence-corrected chi connectivity index (χ3v) is 3.42. The smallest absolute Gasteiger partial charge is 0.00724 e. The molecule has 2 unspecified atom stereocenters. The second-order valence-electron chi connectivity index (χ2n) is 5.53. The summed E-state index contributed by atoms with van der Waals surface area (Å²) in [4.78, 5) is 0. The Kier molecular flexibility index (Phi) is 3.78. The summed E-state index contributed by atoms with van der Waals surface area (Å²) < 4.78 is 0. The number of rotatable bonds is 4. The summed E-state index contributed by atoms with van der Waals surface area (Å²) in [5.74, 6) is 0.837. The quantitative estimate of drug-likeness (QED) is 0.706. The Morgan fingerprint density at radius 2 is 2.15 bits per heavy atom. The van der Waals surface area contributed by atoms with Gasteiger partial charge in [-0.1, -0.05) is 34.1 Å². The van der Waals surface area contributed by atoms with Crippen molar-refractivity contribution in [1.29, 1.82) is 0 Å². The Balaban J connectivity index is 2.17. The molecule has 1 heteroatoms. The second-order valence-corrected chi connectivity index (χ2v) is 5.53. The van der Waals surface area contributed by atoms with Crippen LogP contribution in [0.2, 0.25) is 0 Å². The maximum atomic E-state index is 3.69. The molecule has 1 fully saturated rings. The van der Waals surface area contributed by atoms with Crippen LogP contribution >= 0.6 is 0 Å². The molecule has 2 atom stereocenters. The topological polar surface area (TPSA) is 12.0 Å². The molecular weight excluding hydrogens is 158 g/mol. The molecule has 0 aromatic heterocycles. The van der Waals surface area contributed by atoms with Crippen LogP contribution in [0.3, 0.4) is 0 Å². The van der Waals surface area contributed by atoms with Crippen molar-refractivity contribution in [2.24, 2.45) is 11.3 Å². The molecule has 1 N–H and O–H groups in total. The lowest BCUT2D eigenvalue weighted by Crippen LogP contribution is -2.31. The molecular formula is C12H25N. The van der Waals surface area contributed by atoms with Crippen molar-refractivity contribution in [3.8, 4) is 0 Å². The average Bonchev–Trinajstić information content (AvgIpc) is 2.41. The third kappa shape index (κ3) is 3.68. The number of hydrogen-bond donors (Lipinski definition) is 1. The van der Waals surface area contributed by atoms with Crippen molar-refractivity contribution in [3.63, 3.8) is 0 Å². The van der Waals surface area contributed by atoms with Crippen LogP contribution in [-0.2, 0) is 0 Å². The van der Waals surface area contributed by atoms with E-state index in [1.165, 1.54) is 32.2 Å². The largest absolute Gasteiger partial charge is 0.314 e. The average molecular weight is 183 g/mol. The summed E-state index contributed by atoms with van der Waals surface area (Å²) in [6, 6.07) is 0.795. The minimum Gasteiger partial charge on any atom is -0.314 e. The summed E-state index contributed by atoms with van der Waals surface area (Å²) in [6.07, 6.45) is 5.43. The Labute approximate surface area is 83.3 Å². The zero-order chi connectivity index (χ0) is 9.90. The van der Waals surface area contributed by atoms with Gasteiger partial charge in [0.05, 0.1) is 0 Å². The first-order valence-corrected chi connectivity index (χ1v) is 5.77. The van der Waals surface area contributed by atoms with Crippen LogP contribution in [0.15, 0.2) is 0 Å². The minimum absolute atomic E-state index is 0.590. The van der Waals surface area contributed by atoms with E-state index in [0.717, 1.165) is 12.0 Å². The molecule has 0 aromatic rings. The van der Waals surface area contributed by atoms with E-state index in [4.69, 9.17) is 0 Å². The first kappa shape index (κ1) is 11.0. The second kappa shape index (κ2) is 4.45. The fourth-order valence-corrected chi connectivity index (χ4v) is 2.12. The first-order chi connectivity index (χ1) is 6.03. The molecule has 0 aromatic carbocycles. The molecule has 1 rings (SSSR count). The molecule has 1 saturated carbocycles. The molecule has 0 saturated heterocycles. The fraction of sp³-hybridized carbons (Fsp3) is 1.00. The van der Waals surface area contributed by atoms with Crippen LogP contribution in [0.4, 0.5) is 0 Å². The summed E-state index contributed by atoms with van der Waals surface area (Å²) >= 11 is 0. The normalized spacial score (nSPS) is 29.1. The van der Waals surface area contributed by atoms with Crippen molar-refractivity contribution in [2.45, 2.75) is 59.4 Å². The van der Waals surface area contributed by atoms with E-state index >= 15 is 0 Å². The summed E-state index contributed by atoms with van der Waals surface area (Å²) in [6.45, 7) is 10.6. The van der Waals surface area contributed by atoms with E-state index < -0.39 is 0 Å². The Bertz CT molecular complexity index is 151. The van der Waals surface area contributed by atoms with Crippen LogP contribution in [0.5, 0.6) is 0 Å². The van der Waals surface area contributed by atoms with E-state index in [1.54, 1.807) is 0 Å². The van der Waals surface area contributed by atoms with Gasteiger partial charge in [0, 0.05) is 6.04 Å². The van der Waals surface area contributed by atoms with Gasteiger partial charge in [-0.3, -0.25) is 0 Å². The van der Waals surface area contributed by atoms with Gasteiger partial charge in [0.25, 0.3) is 0 Å². The molecule has 13 heavy (non-hydrogen) atoms. The molecule has 1 aliphatic rings. The van der Waals surface area contributed by atoms with Crippen LogP contribution in [-0.4, -0.2) is 12.6 Å². The molecule has 0 amide bonds. The highest BCUT2D eigenvalue weighted by atomic mass is 14.9. The Hall–Kier alpha value is -0.0400. The first-order valence-electron chi connectivity index (χ1n) is 5.77. The molecule has 78 valence electrons. The third-order valence-electron chi connectivity index (χ3n) is 3.42. The van der Waals surface area contributed by atoms with E-state index in [9.17, 15) is 0 Å². The van der Waals surface area contributed by atoms with Crippen LogP contribution < -0.4 is 5.32 Å². The Morgan fingerprint density at radius 1 is 1.46 bits per heavy atom. The van der Waals surface area contributed by atoms with Gasteiger partial charge >= 0.3 is 0 Å². The van der Waals surface area contributed by atoms with Gasteiger partial charge in [-0.2, -0.15) is 0 Å². The number of hydrogen-bond acceptors (Lipinski definition) is 1. The SMILES string of the molecule is CCC(C)CNC1CCC(C)(C)C1. The maximum absolute atomic E-state index is 3.69. The monoisotopic (exact) mass is 183 g/mol. The lowest BCUT2D eigenvalue weighted by Gasteiger charge is -2.19. The summed E-state index contributed by atoms with van der Waals surface area (Å²) in [5.41, 5.74) is 0.590. The van der Waals surface area contributed by atoms with Gasteiger partial charge in [-0.05, 0) is 37.1 Å². The molecule has 0 radical (unpaired) electrons. The minimum atomic E-state index is 0.590. The highest BCUT2D eigenvalue weighted by Crippen LogP contribution is 2.36. The van der Waals surface area contributed by atoms with Crippen molar-refractivity contribution in [1.82, 2.24) is 5.32 Å². The van der Waals surface area contributed by atoms with Crippen molar-refractivity contribution >= 4 is 0 Å². The highest BCUT2D eigenvalue weighted by Gasteiger charge is 2.30. The molecule has 1 nitrogen and oxygen atoms in total. The van der Waals surface area contributed by atoms with Gasteiger partial charge in [-0.15, -0.1) is 0 Å². The molecule has 0 bridgehead atoms. The predicted octanol–water partition coefficient (Wildman–Crippen LogP) is 3.20.